The molecule has 0 aliphatic heterocycles. The van der Waals surface area contributed by atoms with Crippen LogP contribution in [0.4, 0.5) is 8.78 Å². The maximum atomic E-state index is 12.3. The molecule has 0 atom stereocenters. The quantitative estimate of drug-likeness (QED) is 0.502. The molecule has 0 radical (unpaired) electrons. The Balaban J connectivity index is 2.88. The van der Waals surface area contributed by atoms with Crippen molar-refractivity contribution in [3.05, 3.63) is 22.6 Å². The normalized spacial score (nSPS) is 20.1. The van der Waals surface area contributed by atoms with Gasteiger partial charge >= 0.3 is 0 Å². The lowest BCUT2D eigenvalue weighted by Crippen LogP contribution is -1.88. The minimum absolute atomic E-state index is 0.138. The summed E-state index contributed by atoms with van der Waals surface area (Å²) in [6.45, 7) is 0. The Labute approximate surface area is 57.7 Å². The molecule has 0 unspecified atom stereocenters. The fraction of sp³-hybridized carbons (Fsp3) is 0.333. The molecule has 1 rings (SSSR count). The molecule has 0 amide bonds. The third kappa shape index (κ3) is 1.33. The molecule has 0 fully saturated rings. The lowest BCUT2D eigenvalue weighted by molar-refractivity contribution is 0.555. The van der Waals surface area contributed by atoms with Crippen LogP contribution in [-0.4, -0.2) is 0 Å². The van der Waals surface area contributed by atoms with Crippen LogP contribution in [0.25, 0.3) is 0 Å². The van der Waals surface area contributed by atoms with Gasteiger partial charge in [0.2, 0.25) is 0 Å². The van der Waals surface area contributed by atoms with E-state index in [1.54, 1.807) is 0 Å². The number of thiol groups is 1. The average molecular weight is 148 g/mol. The van der Waals surface area contributed by atoms with Crippen molar-refractivity contribution in [2.24, 2.45) is 0 Å². The molecule has 50 valence electrons. The molecular weight excluding hydrogens is 142 g/mol. The monoisotopic (exact) mass is 148 g/mol. The summed E-state index contributed by atoms with van der Waals surface area (Å²) in [5, 5.41) is 0. The van der Waals surface area contributed by atoms with E-state index < -0.39 is 11.7 Å². The fourth-order valence-electron chi connectivity index (χ4n) is 0.670. The van der Waals surface area contributed by atoms with Gasteiger partial charge in [-0.25, -0.2) is 8.78 Å². The zero-order chi connectivity index (χ0) is 6.85. The first-order chi connectivity index (χ1) is 4.22. The highest BCUT2D eigenvalue weighted by Gasteiger charge is 2.11. The number of rotatable bonds is 0. The van der Waals surface area contributed by atoms with Gasteiger partial charge in [0.1, 0.15) is 11.7 Å². The lowest BCUT2D eigenvalue weighted by atomic mass is 10.2. The van der Waals surface area contributed by atoms with E-state index in [2.05, 4.69) is 12.6 Å². The van der Waals surface area contributed by atoms with Crippen molar-refractivity contribution in [1.82, 2.24) is 0 Å². The van der Waals surface area contributed by atoms with Crippen molar-refractivity contribution in [3.8, 4) is 0 Å². The van der Waals surface area contributed by atoms with Crippen molar-refractivity contribution >= 4 is 12.6 Å². The molecule has 0 aromatic heterocycles. The van der Waals surface area contributed by atoms with Crippen molar-refractivity contribution in [2.45, 2.75) is 12.8 Å². The van der Waals surface area contributed by atoms with Gasteiger partial charge < -0.3 is 0 Å². The van der Waals surface area contributed by atoms with Crippen LogP contribution < -0.4 is 0 Å². The van der Waals surface area contributed by atoms with Gasteiger partial charge in [0.25, 0.3) is 0 Å². The van der Waals surface area contributed by atoms with Crippen LogP contribution in [0.15, 0.2) is 22.6 Å². The molecule has 0 saturated carbocycles. The summed E-state index contributed by atoms with van der Waals surface area (Å²) in [6.07, 6.45) is 2.07. The van der Waals surface area contributed by atoms with Gasteiger partial charge in [-0.15, -0.1) is 12.6 Å². The Morgan fingerprint density at radius 3 is 2.56 bits per heavy atom. The molecule has 0 saturated heterocycles. The molecule has 3 heteroatoms. The van der Waals surface area contributed by atoms with Crippen LogP contribution in [0.3, 0.4) is 0 Å². The predicted molar refractivity (Wildman–Crippen MR) is 35.5 cm³/mol. The Morgan fingerprint density at radius 2 is 2.11 bits per heavy atom. The van der Waals surface area contributed by atoms with E-state index >= 15 is 0 Å². The predicted octanol–water partition coefficient (Wildman–Crippen LogP) is 2.74. The maximum absolute atomic E-state index is 12.3. The molecule has 0 aromatic carbocycles. The summed E-state index contributed by atoms with van der Waals surface area (Å²) < 4.78 is 24.7. The summed E-state index contributed by atoms with van der Waals surface area (Å²) in [5.41, 5.74) is 0. The maximum Gasteiger partial charge on any atom is 0.135 e. The SMILES string of the molecule is FC1=CCCC(F)=C1S. The van der Waals surface area contributed by atoms with Crippen molar-refractivity contribution < 1.29 is 8.78 Å². The van der Waals surface area contributed by atoms with Gasteiger partial charge in [-0.3, -0.25) is 0 Å². The Bertz CT molecular complexity index is 181. The fourth-order valence-corrected chi connectivity index (χ4v) is 0.873. The Kier molecular flexibility index (Phi) is 1.90. The minimum Gasteiger partial charge on any atom is -0.210 e. The third-order valence-electron chi connectivity index (χ3n) is 1.17. The van der Waals surface area contributed by atoms with Gasteiger partial charge in [0.05, 0.1) is 4.91 Å². The average Bonchev–Trinajstić information content (AvgIpc) is 1.83. The second-order valence-corrected chi connectivity index (χ2v) is 2.29. The van der Waals surface area contributed by atoms with Gasteiger partial charge in [-0.05, 0) is 12.5 Å². The van der Waals surface area contributed by atoms with E-state index in [1.807, 2.05) is 0 Å². The van der Waals surface area contributed by atoms with Crippen molar-refractivity contribution in [3.63, 3.8) is 0 Å². The largest absolute Gasteiger partial charge is 0.210 e. The zero-order valence-electron chi connectivity index (χ0n) is 4.69. The standard InChI is InChI=1S/C6H6F2S/c7-4-2-1-3-5(8)6(4)9/h2,9H,1,3H2. The summed E-state index contributed by atoms with van der Waals surface area (Å²) >= 11 is 3.61. The Hall–Kier alpha value is -0.310. The second-order valence-electron chi connectivity index (χ2n) is 1.84. The van der Waals surface area contributed by atoms with Crippen LogP contribution in [0.1, 0.15) is 12.8 Å². The smallest absolute Gasteiger partial charge is 0.135 e. The molecule has 0 N–H and O–H groups in total. The zero-order valence-corrected chi connectivity index (χ0v) is 5.59. The molecule has 0 heterocycles. The number of allylic oxidation sites excluding steroid dienone is 3. The van der Waals surface area contributed by atoms with Gasteiger partial charge in [-0.1, -0.05) is 0 Å². The molecule has 0 aromatic rings. The first-order valence-corrected chi connectivity index (χ1v) is 3.10. The highest BCUT2D eigenvalue weighted by atomic mass is 32.1. The number of hydrogen-bond donors (Lipinski definition) is 1. The summed E-state index contributed by atoms with van der Waals surface area (Å²) in [7, 11) is 0. The summed E-state index contributed by atoms with van der Waals surface area (Å²) in [6, 6.07) is 0. The van der Waals surface area contributed by atoms with Crippen LogP contribution >= 0.6 is 12.6 Å². The van der Waals surface area contributed by atoms with Crippen LogP contribution in [0.2, 0.25) is 0 Å². The van der Waals surface area contributed by atoms with E-state index in [1.165, 1.54) is 6.08 Å². The molecule has 0 spiro atoms. The van der Waals surface area contributed by atoms with E-state index in [-0.39, 0.29) is 11.3 Å². The molecule has 1 aliphatic rings. The molecule has 1 aliphatic carbocycles. The van der Waals surface area contributed by atoms with Gasteiger partial charge in [0, 0.05) is 6.42 Å². The van der Waals surface area contributed by atoms with E-state index in [0.29, 0.717) is 6.42 Å². The van der Waals surface area contributed by atoms with E-state index in [4.69, 9.17) is 0 Å². The first-order valence-electron chi connectivity index (χ1n) is 2.65. The topological polar surface area (TPSA) is 0 Å². The van der Waals surface area contributed by atoms with Gasteiger partial charge in [0.15, 0.2) is 0 Å². The molecule has 0 bridgehead atoms. The molecular formula is C6H6F2S. The van der Waals surface area contributed by atoms with Crippen LogP contribution in [0, 0.1) is 0 Å². The van der Waals surface area contributed by atoms with Crippen molar-refractivity contribution in [1.29, 1.82) is 0 Å². The number of halogens is 2. The summed E-state index contributed by atoms with van der Waals surface area (Å²) in [5.74, 6) is -0.986. The molecule has 9 heavy (non-hydrogen) atoms. The van der Waals surface area contributed by atoms with Gasteiger partial charge in [-0.2, -0.15) is 0 Å². The minimum atomic E-state index is -0.540. The first kappa shape index (κ1) is 6.81. The highest BCUT2D eigenvalue weighted by Crippen LogP contribution is 2.28. The third-order valence-corrected chi connectivity index (χ3v) is 1.63. The van der Waals surface area contributed by atoms with Crippen LogP contribution in [-0.2, 0) is 0 Å². The summed E-state index contributed by atoms with van der Waals surface area (Å²) in [4.78, 5) is -0.138. The van der Waals surface area contributed by atoms with E-state index in [0.717, 1.165) is 0 Å². The highest BCUT2D eigenvalue weighted by molar-refractivity contribution is 7.84. The van der Waals surface area contributed by atoms with Crippen molar-refractivity contribution in [2.75, 3.05) is 0 Å². The van der Waals surface area contributed by atoms with Crippen LogP contribution in [0.5, 0.6) is 0 Å². The molecule has 0 nitrogen and oxygen atoms in total. The van der Waals surface area contributed by atoms with E-state index in [9.17, 15) is 8.78 Å². The lowest BCUT2D eigenvalue weighted by Gasteiger charge is -2.04. The second kappa shape index (κ2) is 2.52. The Morgan fingerprint density at radius 1 is 1.44 bits per heavy atom. The number of hydrogen-bond acceptors (Lipinski definition) is 1.